The van der Waals surface area contributed by atoms with E-state index in [1.54, 1.807) is 0 Å². The van der Waals surface area contributed by atoms with Crippen LogP contribution in [0.4, 0.5) is 13.2 Å². The Kier molecular flexibility index (Phi) is 8.37. The minimum absolute atomic E-state index is 0. The first-order valence-corrected chi connectivity index (χ1v) is 7.63. The summed E-state index contributed by atoms with van der Waals surface area (Å²) in [7, 11) is 0. The molecule has 134 valence electrons. The third kappa shape index (κ3) is 6.98. The standard InChI is InChI=1S/C16H21F3N4.HI/c1-2-20-15(22-10-8-16(17,18)19)21-9-7-13-11-12-5-3-4-6-14(12)23-13;/h3-6,11,23H,2,7-10H2,1H3,(H2,20,21,22);1H. The summed E-state index contributed by atoms with van der Waals surface area (Å²) in [5.74, 6) is 0.410. The van der Waals surface area contributed by atoms with Gasteiger partial charge in [0.2, 0.25) is 0 Å². The van der Waals surface area contributed by atoms with Gasteiger partial charge in [0.25, 0.3) is 0 Å². The number of aromatic amines is 1. The molecule has 0 unspecified atom stereocenters. The van der Waals surface area contributed by atoms with Crippen molar-refractivity contribution in [3.63, 3.8) is 0 Å². The van der Waals surface area contributed by atoms with Gasteiger partial charge in [0, 0.05) is 30.7 Å². The third-order valence-corrected chi connectivity index (χ3v) is 3.28. The SMILES string of the molecule is CCNC(=NCCC(F)(F)F)NCCc1cc2ccccc2[nH]1.I. The lowest BCUT2D eigenvalue weighted by Gasteiger charge is -2.11. The van der Waals surface area contributed by atoms with Crippen molar-refractivity contribution in [2.75, 3.05) is 19.6 Å². The van der Waals surface area contributed by atoms with Gasteiger partial charge in [0.15, 0.2) is 5.96 Å². The first kappa shape index (κ1) is 20.6. The number of nitrogens with zero attached hydrogens (tertiary/aromatic N) is 1. The van der Waals surface area contributed by atoms with Gasteiger partial charge >= 0.3 is 6.18 Å². The molecule has 0 amide bonds. The van der Waals surface area contributed by atoms with Crippen LogP contribution >= 0.6 is 24.0 Å². The number of nitrogens with one attached hydrogen (secondary N) is 3. The van der Waals surface area contributed by atoms with Gasteiger partial charge in [0.05, 0.1) is 13.0 Å². The number of aliphatic imine (C=N–C) groups is 1. The zero-order valence-electron chi connectivity index (χ0n) is 13.4. The van der Waals surface area contributed by atoms with Crippen molar-refractivity contribution in [2.45, 2.75) is 25.9 Å². The fourth-order valence-corrected chi connectivity index (χ4v) is 2.22. The monoisotopic (exact) mass is 454 g/mol. The average molecular weight is 454 g/mol. The fraction of sp³-hybridized carbons (Fsp3) is 0.438. The molecule has 0 saturated heterocycles. The molecule has 0 fully saturated rings. The van der Waals surface area contributed by atoms with Gasteiger partial charge in [-0.15, -0.1) is 24.0 Å². The second kappa shape index (κ2) is 9.75. The highest BCUT2D eigenvalue weighted by Crippen LogP contribution is 2.18. The van der Waals surface area contributed by atoms with Gasteiger partial charge < -0.3 is 15.6 Å². The number of aromatic nitrogens is 1. The molecule has 1 aromatic heterocycles. The Morgan fingerprint density at radius 2 is 1.96 bits per heavy atom. The van der Waals surface area contributed by atoms with Crippen LogP contribution < -0.4 is 10.6 Å². The van der Waals surface area contributed by atoms with Gasteiger partial charge in [0.1, 0.15) is 0 Å². The summed E-state index contributed by atoms with van der Waals surface area (Å²) >= 11 is 0. The van der Waals surface area contributed by atoms with Crippen molar-refractivity contribution in [1.29, 1.82) is 0 Å². The molecule has 0 aliphatic carbocycles. The number of alkyl halides is 3. The Labute approximate surface area is 156 Å². The lowest BCUT2D eigenvalue weighted by atomic mass is 10.2. The van der Waals surface area contributed by atoms with Crippen molar-refractivity contribution in [2.24, 2.45) is 4.99 Å². The van der Waals surface area contributed by atoms with Crippen LogP contribution in [0.1, 0.15) is 19.0 Å². The van der Waals surface area contributed by atoms with Crippen LogP contribution in [-0.4, -0.2) is 36.8 Å². The van der Waals surface area contributed by atoms with Crippen LogP contribution in [-0.2, 0) is 6.42 Å². The maximum atomic E-state index is 12.2. The van der Waals surface area contributed by atoms with Crippen LogP contribution in [0.5, 0.6) is 0 Å². The summed E-state index contributed by atoms with van der Waals surface area (Å²) in [5, 5.41) is 7.14. The molecule has 1 aromatic carbocycles. The summed E-state index contributed by atoms with van der Waals surface area (Å²) in [6.45, 7) is 2.79. The van der Waals surface area contributed by atoms with Gasteiger partial charge in [-0.2, -0.15) is 13.2 Å². The Morgan fingerprint density at radius 3 is 2.62 bits per heavy atom. The number of benzene rings is 1. The molecule has 8 heteroatoms. The number of halogens is 4. The zero-order chi connectivity index (χ0) is 16.7. The zero-order valence-corrected chi connectivity index (χ0v) is 15.7. The molecule has 0 bridgehead atoms. The Bertz CT molecular complexity index is 619. The summed E-state index contributed by atoms with van der Waals surface area (Å²) in [6, 6.07) is 10.1. The highest BCUT2D eigenvalue weighted by Gasteiger charge is 2.26. The average Bonchev–Trinajstić information content (AvgIpc) is 2.88. The van der Waals surface area contributed by atoms with Gasteiger partial charge in [-0.25, -0.2) is 0 Å². The largest absolute Gasteiger partial charge is 0.390 e. The minimum atomic E-state index is -4.18. The predicted molar refractivity (Wildman–Crippen MR) is 102 cm³/mol. The maximum Gasteiger partial charge on any atom is 0.390 e. The molecule has 0 aliphatic heterocycles. The Hall–Kier alpha value is -1.45. The first-order chi connectivity index (χ1) is 11.0. The van der Waals surface area contributed by atoms with E-state index in [-0.39, 0.29) is 30.5 Å². The Balaban J connectivity index is 0.00000288. The number of hydrogen-bond donors (Lipinski definition) is 3. The number of rotatable bonds is 6. The smallest absolute Gasteiger partial charge is 0.358 e. The molecule has 3 N–H and O–H groups in total. The van der Waals surface area contributed by atoms with Crippen LogP contribution in [0.15, 0.2) is 35.3 Å². The number of H-pyrrole nitrogens is 1. The van der Waals surface area contributed by atoms with Crippen molar-refractivity contribution in [1.82, 2.24) is 15.6 Å². The second-order valence-corrected chi connectivity index (χ2v) is 5.18. The number of hydrogen-bond acceptors (Lipinski definition) is 1. The molecule has 2 rings (SSSR count). The summed E-state index contributed by atoms with van der Waals surface area (Å²) in [4.78, 5) is 7.25. The van der Waals surface area contributed by atoms with E-state index < -0.39 is 12.6 Å². The molecule has 0 saturated carbocycles. The molecule has 0 aliphatic rings. The second-order valence-electron chi connectivity index (χ2n) is 5.18. The predicted octanol–water partition coefficient (Wildman–Crippen LogP) is 3.84. The van der Waals surface area contributed by atoms with Crippen molar-refractivity contribution < 1.29 is 13.2 Å². The van der Waals surface area contributed by atoms with E-state index in [4.69, 9.17) is 0 Å². The van der Waals surface area contributed by atoms with E-state index >= 15 is 0 Å². The molecule has 0 atom stereocenters. The summed E-state index contributed by atoms with van der Waals surface area (Å²) in [5.41, 5.74) is 2.15. The molecule has 0 radical (unpaired) electrons. The van der Waals surface area contributed by atoms with Gasteiger partial charge in [-0.3, -0.25) is 4.99 Å². The summed E-state index contributed by atoms with van der Waals surface area (Å²) in [6.07, 6.45) is -4.35. The molecule has 1 heterocycles. The lowest BCUT2D eigenvalue weighted by molar-refractivity contribution is -0.132. The van der Waals surface area contributed by atoms with Crippen molar-refractivity contribution in [3.8, 4) is 0 Å². The van der Waals surface area contributed by atoms with Crippen molar-refractivity contribution in [3.05, 3.63) is 36.0 Å². The molecular weight excluding hydrogens is 432 g/mol. The highest BCUT2D eigenvalue weighted by atomic mass is 127. The van der Waals surface area contributed by atoms with E-state index in [1.807, 2.05) is 31.2 Å². The van der Waals surface area contributed by atoms with Crippen molar-refractivity contribution >= 4 is 40.8 Å². The quantitative estimate of drug-likeness (QED) is 0.353. The molecule has 4 nitrogen and oxygen atoms in total. The normalized spacial score (nSPS) is 12.1. The number of fused-ring (bicyclic) bond motifs is 1. The van der Waals surface area contributed by atoms with Crippen LogP contribution in [0.2, 0.25) is 0 Å². The van der Waals surface area contributed by atoms with E-state index in [2.05, 4.69) is 26.7 Å². The van der Waals surface area contributed by atoms with Crippen LogP contribution in [0.3, 0.4) is 0 Å². The van der Waals surface area contributed by atoms with Crippen LogP contribution in [0.25, 0.3) is 10.9 Å². The fourth-order valence-electron chi connectivity index (χ4n) is 2.22. The number of guanidine groups is 1. The van der Waals surface area contributed by atoms with E-state index in [1.165, 1.54) is 0 Å². The van der Waals surface area contributed by atoms with E-state index in [0.29, 0.717) is 19.0 Å². The minimum Gasteiger partial charge on any atom is -0.358 e. The molecular formula is C16H22F3IN4. The molecule has 2 aromatic rings. The molecule has 0 spiro atoms. The van der Waals surface area contributed by atoms with Gasteiger partial charge in [-0.05, 0) is 24.4 Å². The maximum absolute atomic E-state index is 12.2. The van der Waals surface area contributed by atoms with Crippen LogP contribution in [0, 0.1) is 0 Å². The third-order valence-electron chi connectivity index (χ3n) is 3.28. The number of para-hydroxylation sites is 1. The highest BCUT2D eigenvalue weighted by molar-refractivity contribution is 14.0. The van der Waals surface area contributed by atoms with E-state index in [0.717, 1.165) is 23.0 Å². The lowest BCUT2D eigenvalue weighted by Crippen LogP contribution is -2.38. The van der Waals surface area contributed by atoms with E-state index in [9.17, 15) is 13.2 Å². The summed E-state index contributed by atoms with van der Waals surface area (Å²) < 4.78 is 36.5. The molecule has 24 heavy (non-hydrogen) atoms. The first-order valence-electron chi connectivity index (χ1n) is 7.63. The topological polar surface area (TPSA) is 52.2 Å². The van der Waals surface area contributed by atoms with Gasteiger partial charge in [-0.1, -0.05) is 18.2 Å². The Morgan fingerprint density at radius 1 is 1.21 bits per heavy atom.